The fourth-order valence-corrected chi connectivity index (χ4v) is 2.25. The lowest BCUT2D eigenvalue weighted by atomic mass is 10.1. The lowest BCUT2D eigenvalue weighted by molar-refractivity contribution is 0.355. The Kier molecular flexibility index (Phi) is 4.18. The molecular formula is C16H17N5O2. The summed E-state index contributed by atoms with van der Waals surface area (Å²) in [6, 6.07) is 5.64. The number of aryl methyl sites for hydroxylation is 1. The number of aromatic nitrogens is 5. The van der Waals surface area contributed by atoms with E-state index in [4.69, 9.17) is 9.47 Å². The van der Waals surface area contributed by atoms with Crippen molar-refractivity contribution in [2.45, 2.75) is 13.5 Å². The Morgan fingerprint density at radius 2 is 1.83 bits per heavy atom. The van der Waals surface area contributed by atoms with Gasteiger partial charge in [0.1, 0.15) is 5.69 Å². The van der Waals surface area contributed by atoms with Gasteiger partial charge in [0, 0.05) is 18.0 Å². The smallest absolute Gasteiger partial charge is 0.161 e. The molecule has 0 spiro atoms. The normalized spacial score (nSPS) is 10.6. The summed E-state index contributed by atoms with van der Waals surface area (Å²) in [4.78, 5) is 8.55. The summed E-state index contributed by atoms with van der Waals surface area (Å²) in [6.07, 6.45) is 5.22. The van der Waals surface area contributed by atoms with Crippen LogP contribution in [-0.2, 0) is 6.54 Å². The standard InChI is InChI=1S/C16H17N5O2/c1-11-13(18-7-6-17-11)9-21-10-14(19-20-21)12-4-5-15(22-2)16(8-12)23-3/h4-8,10H,9H2,1-3H3. The van der Waals surface area contributed by atoms with E-state index in [-0.39, 0.29) is 0 Å². The fraction of sp³-hybridized carbons (Fsp3) is 0.250. The molecule has 2 aromatic heterocycles. The Bertz CT molecular complexity index is 816. The van der Waals surface area contributed by atoms with Gasteiger partial charge in [0.25, 0.3) is 0 Å². The van der Waals surface area contributed by atoms with E-state index in [9.17, 15) is 0 Å². The number of hydrogen-bond acceptors (Lipinski definition) is 6. The van der Waals surface area contributed by atoms with Gasteiger partial charge in [-0.3, -0.25) is 9.97 Å². The summed E-state index contributed by atoms with van der Waals surface area (Å²) in [6.45, 7) is 2.45. The Labute approximate surface area is 133 Å². The Morgan fingerprint density at radius 3 is 2.57 bits per heavy atom. The highest BCUT2D eigenvalue weighted by Gasteiger charge is 2.10. The van der Waals surface area contributed by atoms with Gasteiger partial charge in [-0.25, -0.2) is 4.68 Å². The van der Waals surface area contributed by atoms with Crippen molar-refractivity contribution < 1.29 is 9.47 Å². The van der Waals surface area contributed by atoms with Crippen LogP contribution in [-0.4, -0.2) is 39.2 Å². The zero-order valence-electron chi connectivity index (χ0n) is 13.2. The van der Waals surface area contributed by atoms with Crippen molar-refractivity contribution in [2.24, 2.45) is 0 Å². The number of hydrogen-bond donors (Lipinski definition) is 0. The number of benzene rings is 1. The maximum atomic E-state index is 5.32. The summed E-state index contributed by atoms with van der Waals surface area (Å²) in [7, 11) is 3.21. The van der Waals surface area contributed by atoms with Crippen LogP contribution in [0.3, 0.4) is 0 Å². The highest BCUT2D eigenvalue weighted by Crippen LogP contribution is 2.31. The van der Waals surface area contributed by atoms with Gasteiger partial charge in [0.2, 0.25) is 0 Å². The maximum Gasteiger partial charge on any atom is 0.161 e. The third kappa shape index (κ3) is 3.13. The average molecular weight is 311 g/mol. The van der Waals surface area contributed by atoms with E-state index in [0.29, 0.717) is 18.0 Å². The Morgan fingerprint density at radius 1 is 1.04 bits per heavy atom. The van der Waals surface area contributed by atoms with Crippen molar-refractivity contribution >= 4 is 0 Å². The molecule has 0 bridgehead atoms. The minimum absolute atomic E-state index is 0.528. The molecule has 2 heterocycles. The van der Waals surface area contributed by atoms with Crippen LogP contribution in [0.25, 0.3) is 11.3 Å². The predicted molar refractivity (Wildman–Crippen MR) is 84.4 cm³/mol. The minimum Gasteiger partial charge on any atom is -0.493 e. The highest BCUT2D eigenvalue weighted by atomic mass is 16.5. The second-order valence-electron chi connectivity index (χ2n) is 4.96. The molecule has 7 nitrogen and oxygen atoms in total. The Hall–Kier alpha value is -2.96. The first kappa shape index (κ1) is 15.0. The molecule has 0 atom stereocenters. The molecular weight excluding hydrogens is 294 g/mol. The first-order valence-corrected chi connectivity index (χ1v) is 7.10. The van der Waals surface area contributed by atoms with Crippen LogP contribution in [0.4, 0.5) is 0 Å². The number of nitrogens with zero attached hydrogens (tertiary/aromatic N) is 5. The fourth-order valence-electron chi connectivity index (χ4n) is 2.25. The van der Waals surface area contributed by atoms with Crippen molar-refractivity contribution in [2.75, 3.05) is 14.2 Å². The molecule has 0 saturated carbocycles. The van der Waals surface area contributed by atoms with E-state index in [2.05, 4.69) is 20.3 Å². The van der Waals surface area contributed by atoms with Crippen molar-refractivity contribution in [1.82, 2.24) is 25.0 Å². The lowest BCUT2D eigenvalue weighted by Gasteiger charge is -2.08. The summed E-state index contributed by atoms with van der Waals surface area (Å²) < 4.78 is 12.3. The zero-order valence-corrected chi connectivity index (χ0v) is 13.2. The van der Waals surface area contributed by atoms with Crippen molar-refractivity contribution in [3.8, 4) is 22.8 Å². The number of ether oxygens (including phenoxy) is 2. The summed E-state index contributed by atoms with van der Waals surface area (Å²) in [5.74, 6) is 1.34. The third-order valence-corrected chi connectivity index (χ3v) is 3.51. The van der Waals surface area contributed by atoms with Gasteiger partial charge in [0.15, 0.2) is 11.5 Å². The van der Waals surface area contributed by atoms with Crippen LogP contribution >= 0.6 is 0 Å². The monoisotopic (exact) mass is 311 g/mol. The lowest BCUT2D eigenvalue weighted by Crippen LogP contribution is -2.05. The number of methoxy groups -OCH3 is 2. The van der Waals surface area contributed by atoms with Gasteiger partial charge in [-0.1, -0.05) is 5.21 Å². The molecule has 0 aliphatic carbocycles. The quantitative estimate of drug-likeness (QED) is 0.718. The largest absolute Gasteiger partial charge is 0.493 e. The maximum absolute atomic E-state index is 5.32. The van der Waals surface area contributed by atoms with Crippen molar-refractivity contribution in [3.05, 3.63) is 48.2 Å². The molecule has 1 aromatic carbocycles. The minimum atomic E-state index is 0.528. The van der Waals surface area contributed by atoms with Crippen molar-refractivity contribution in [3.63, 3.8) is 0 Å². The molecule has 0 radical (unpaired) electrons. The van der Waals surface area contributed by atoms with Crippen LogP contribution in [0.5, 0.6) is 11.5 Å². The van der Waals surface area contributed by atoms with E-state index in [1.807, 2.05) is 31.3 Å². The molecule has 0 N–H and O–H groups in total. The van der Waals surface area contributed by atoms with E-state index in [0.717, 1.165) is 22.6 Å². The predicted octanol–water partition coefficient (Wildman–Crippen LogP) is 2.11. The highest BCUT2D eigenvalue weighted by molar-refractivity contribution is 5.63. The van der Waals surface area contributed by atoms with Crippen LogP contribution in [0.2, 0.25) is 0 Å². The number of rotatable bonds is 5. The van der Waals surface area contributed by atoms with E-state index < -0.39 is 0 Å². The summed E-state index contributed by atoms with van der Waals surface area (Å²) in [5.41, 5.74) is 3.42. The molecule has 0 unspecified atom stereocenters. The van der Waals surface area contributed by atoms with Crippen LogP contribution < -0.4 is 9.47 Å². The zero-order chi connectivity index (χ0) is 16.2. The molecule has 3 aromatic rings. The van der Waals surface area contributed by atoms with E-state index in [1.165, 1.54) is 0 Å². The van der Waals surface area contributed by atoms with E-state index in [1.54, 1.807) is 31.3 Å². The van der Waals surface area contributed by atoms with Gasteiger partial charge >= 0.3 is 0 Å². The summed E-state index contributed by atoms with van der Waals surface area (Å²) in [5, 5.41) is 8.37. The topological polar surface area (TPSA) is 75.0 Å². The van der Waals surface area contributed by atoms with Crippen LogP contribution in [0.1, 0.15) is 11.4 Å². The molecule has 0 saturated heterocycles. The molecule has 0 aliphatic heterocycles. The van der Waals surface area contributed by atoms with Gasteiger partial charge in [-0.05, 0) is 25.1 Å². The molecule has 118 valence electrons. The molecule has 7 heteroatoms. The first-order valence-electron chi connectivity index (χ1n) is 7.10. The van der Waals surface area contributed by atoms with Gasteiger partial charge in [-0.15, -0.1) is 5.10 Å². The molecule has 0 amide bonds. The average Bonchev–Trinajstić information content (AvgIpc) is 3.05. The van der Waals surface area contributed by atoms with Gasteiger partial charge < -0.3 is 9.47 Å². The second-order valence-corrected chi connectivity index (χ2v) is 4.96. The second kappa shape index (κ2) is 6.43. The Balaban J connectivity index is 1.86. The molecule has 0 aliphatic rings. The SMILES string of the molecule is COc1ccc(-c2cn(Cc3nccnc3C)nn2)cc1OC. The molecule has 3 rings (SSSR count). The van der Waals surface area contributed by atoms with Crippen molar-refractivity contribution in [1.29, 1.82) is 0 Å². The van der Waals surface area contributed by atoms with E-state index >= 15 is 0 Å². The van der Waals surface area contributed by atoms with Crippen LogP contribution in [0, 0.1) is 6.92 Å². The van der Waals surface area contributed by atoms with Gasteiger partial charge in [-0.2, -0.15) is 0 Å². The van der Waals surface area contributed by atoms with Gasteiger partial charge in [0.05, 0.1) is 38.3 Å². The van der Waals surface area contributed by atoms with Crippen LogP contribution in [0.15, 0.2) is 36.8 Å². The summed E-state index contributed by atoms with van der Waals surface area (Å²) >= 11 is 0. The third-order valence-electron chi connectivity index (χ3n) is 3.51. The molecule has 0 fully saturated rings. The molecule has 23 heavy (non-hydrogen) atoms. The first-order chi connectivity index (χ1) is 11.2.